The highest BCUT2D eigenvalue weighted by molar-refractivity contribution is 5.56. The van der Waals surface area contributed by atoms with Crippen molar-refractivity contribution in [2.45, 2.75) is 19.8 Å². The average Bonchev–Trinajstić information content (AvgIpc) is 3.02. The molecule has 22 heavy (non-hydrogen) atoms. The highest BCUT2D eigenvalue weighted by Gasteiger charge is 2.17. The maximum absolute atomic E-state index is 13.7. The molecule has 0 bridgehead atoms. The van der Waals surface area contributed by atoms with Crippen molar-refractivity contribution in [2.24, 2.45) is 0 Å². The number of nitrogens with zero attached hydrogens (tertiary/aromatic N) is 3. The van der Waals surface area contributed by atoms with Crippen LogP contribution in [0.25, 0.3) is 0 Å². The number of halogens is 3. The Morgan fingerprint density at radius 3 is 2.50 bits per heavy atom. The van der Waals surface area contributed by atoms with Crippen LogP contribution in [0.2, 0.25) is 0 Å². The van der Waals surface area contributed by atoms with Crippen LogP contribution in [-0.2, 0) is 0 Å². The summed E-state index contributed by atoms with van der Waals surface area (Å²) in [4.78, 5) is 10.6. The summed E-state index contributed by atoms with van der Waals surface area (Å²) in [5.74, 6) is -3.13. The van der Waals surface area contributed by atoms with Gasteiger partial charge in [0.15, 0.2) is 17.5 Å². The molecule has 116 valence electrons. The van der Waals surface area contributed by atoms with Gasteiger partial charge >= 0.3 is 0 Å². The van der Waals surface area contributed by atoms with Gasteiger partial charge in [-0.1, -0.05) is 0 Å². The summed E-state index contributed by atoms with van der Waals surface area (Å²) in [7, 11) is 0. The van der Waals surface area contributed by atoms with Crippen molar-refractivity contribution in [1.82, 2.24) is 9.97 Å². The standard InChI is InChI=1S/C15H15F3N4/c1-9-8-12(22-6-2-3-7-22)21-15(19-9)20-11-5-4-10(16)13(17)14(11)18/h4-5,8H,2-3,6-7H2,1H3,(H,19,20,21). The van der Waals surface area contributed by atoms with Gasteiger partial charge in [0.05, 0.1) is 5.69 Å². The van der Waals surface area contributed by atoms with E-state index in [9.17, 15) is 13.2 Å². The summed E-state index contributed by atoms with van der Waals surface area (Å²) in [5, 5.41) is 2.61. The minimum Gasteiger partial charge on any atom is -0.356 e. The van der Waals surface area contributed by atoms with Gasteiger partial charge in [-0.3, -0.25) is 0 Å². The zero-order chi connectivity index (χ0) is 15.7. The van der Waals surface area contributed by atoms with Crippen molar-refractivity contribution >= 4 is 17.5 Å². The lowest BCUT2D eigenvalue weighted by Crippen LogP contribution is -2.20. The fourth-order valence-electron chi connectivity index (χ4n) is 2.46. The quantitative estimate of drug-likeness (QED) is 0.881. The van der Waals surface area contributed by atoms with E-state index < -0.39 is 17.5 Å². The molecule has 2 aromatic rings. The fraction of sp³-hybridized carbons (Fsp3) is 0.333. The molecule has 0 amide bonds. The molecule has 1 aliphatic rings. The second kappa shape index (κ2) is 5.82. The molecule has 0 aliphatic carbocycles. The van der Waals surface area contributed by atoms with Gasteiger partial charge in [0, 0.05) is 24.8 Å². The van der Waals surface area contributed by atoms with Crippen molar-refractivity contribution in [3.63, 3.8) is 0 Å². The first-order valence-electron chi connectivity index (χ1n) is 7.06. The van der Waals surface area contributed by atoms with E-state index in [0.717, 1.165) is 43.9 Å². The highest BCUT2D eigenvalue weighted by atomic mass is 19.2. The number of benzene rings is 1. The number of hydrogen-bond donors (Lipinski definition) is 1. The van der Waals surface area contributed by atoms with Crippen LogP contribution in [0.3, 0.4) is 0 Å². The highest BCUT2D eigenvalue weighted by Crippen LogP contribution is 2.24. The Morgan fingerprint density at radius 2 is 1.77 bits per heavy atom. The van der Waals surface area contributed by atoms with Crippen molar-refractivity contribution in [3.8, 4) is 0 Å². The first-order chi connectivity index (χ1) is 10.5. The van der Waals surface area contributed by atoms with Crippen LogP contribution in [0.5, 0.6) is 0 Å². The number of anilines is 3. The number of aromatic nitrogens is 2. The molecule has 0 saturated carbocycles. The summed E-state index contributed by atoms with van der Waals surface area (Å²) in [6.07, 6.45) is 2.20. The Kier molecular flexibility index (Phi) is 3.87. The molecule has 1 aromatic heterocycles. The average molecular weight is 308 g/mol. The van der Waals surface area contributed by atoms with Gasteiger partial charge in [-0.2, -0.15) is 4.98 Å². The van der Waals surface area contributed by atoms with E-state index in [1.807, 2.05) is 6.07 Å². The monoisotopic (exact) mass is 308 g/mol. The smallest absolute Gasteiger partial charge is 0.229 e. The molecule has 0 unspecified atom stereocenters. The molecule has 2 heterocycles. The Balaban J connectivity index is 1.90. The van der Waals surface area contributed by atoms with E-state index in [1.54, 1.807) is 6.92 Å². The molecular formula is C15H15F3N4. The van der Waals surface area contributed by atoms with Crippen molar-refractivity contribution < 1.29 is 13.2 Å². The van der Waals surface area contributed by atoms with E-state index in [-0.39, 0.29) is 11.6 Å². The van der Waals surface area contributed by atoms with Gasteiger partial charge in [0.1, 0.15) is 5.82 Å². The Hall–Kier alpha value is -2.31. The Bertz CT molecular complexity index is 699. The molecule has 0 radical (unpaired) electrons. The number of aryl methyl sites for hydroxylation is 1. The molecule has 3 rings (SSSR count). The lowest BCUT2D eigenvalue weighted by atomic mass is 10.3. The molecule has 1 aliphatic heterocycles. The van der Waals surface area contributed by atoms with E-state index in [2.05, 4.69) is 20.2 Å². The minimum absolute atomic E-state index is 0.159. The van der Waals surface area contributed by atoms with Gasteiger partial charge in [0.2, 0.25) is 5.95 Å². The zero-order valence-corrected chi connectivity index (χ0v) is 12.0. The third-order valence-electron chi connectivity index (χ3n) is 3.55. The van der Waals surface area contributed by atoms with Gasteiger partial charge in [-0.25, -0.2) is 18.2 Å². The second-order valence-electron chi connectivity index (χ2n) is 5.23. The normalized spacial score (nSPS) is 14.5. The van der Waals surface area contributed by atoms with Crippen LogP contribution in [-0.4, -0.2) is 23.1 Å². The van der Waals surface area contributed by atoms with Crippen LogP contribution >= 0.6 is 0 Å². The maximum atomic E-state index is 13.7. The van der Waals surface area contributed by atoms with Gasteiger partial charge in [-0.15, -0.1) is 0 Å². The minimum atomic E-state index is -1.52. The Labute approximate surface area is 126 Å². The van der Waals surface area contributed by atoms with Crippen molar-refractivity contribution in [2.75, 3.05) is 23.3 Å². The molecular weight excluding hydrogens is 293 g/mol. The molecule has 7 heteroatoms. The van der Waals surface area contributed by atoms with E-state index in [1.165, 1.54) is 0 Å². The largest absolute Gasteiger partial charge is 0.356 e. The first-order valence-corrected chi connectivity index (χ1v) is 7.06. The lowest BCUT2D eigenvalue weighted by molar-refractivity contribution is 0.449. The summed E-state index contributed by atoms with van der Waals surface area (Å²) < 4.78 is 39.9. The number of nitrogens with one attached hydrogen (secondary N) is 1. The van der Waals surface area contributed by atoms with E-state index in [0.29, 0.717) is 5.69 Å². The third kappa shape index (κ3) is 2.84. The van der Waals surface area contributed by atoms with E-state index >= 15 is 0 Å². The van der Waals surface area contributed by atoms with Crippen LogP contribution in [0.4, 0.5) is 30.6 Å². The lowest BCUT2D eigenvalue weighted by Gasteiger charge is -2.17. The summed E-state index contributed by atoms with van der Waals surface area (Å²) in [5.41, 5.74) is 0.513. The molecule has 0 spiro atoms. The van der Waals surface area contributed by atoms with E-state index in [4.69, 9.17) is 0 Å². The van der Waals surface area contributed by atoms with Crippen molar-refractivity contribution in [3.05, 3.63) is 41.3 Å². The predicted molar refractivity (Wildman–Crippen MR) is 77.8 cm³/mol. The topological polar surface area (TPSA) is 41.1 Å². The van der Waals surface area contributed by atoms with Crippen molar-refractivity contribution in [1.29, 1.82) is 0 Å². The predicted octanol–water partition coefficient (Wildman–Crippen LogP) is 3.55. The van der Waals surface area contributed by atoms with Crippen LogP contribution < -0.4 is 10.2 Å². The Morgan fingerprint density at radius 1 is 1.05 bits per heavy atom. The third-order valence-corrected chi connectivity index (χ3v) is 3.55. The maximum Gasteiger partial charge on any atom is 0.229 e. The van der Waals surface area contributed by atoms with Crippen LogP contribution in [0.1, 0.15) is 18.5 Å². The van der Waals surface area contributed by atoms with Crippen LogP contribution in [0.15, 0.2) is 18.2 Å². The van der Waals surface area contributed by atoms with Crippen LogP contribution in [0, 0.1) is 24.4 Å². The van der Waals surface area contributed by atoms with Gasteiger partial charge in [0.25, 0.3) is 0 Å². The fourth-order valence-corrected chi connectivity index (χ4v) is 2.46. The number of rotatable bonds is 3. The summed E-state index contributed by atoms with van der Waals surface area (Å²) >= 11 is 0. The second-order valence-corrected chi connectivity index (χ2v) is 5.23. The van der Waals surface area contributed by atoms with Gasteiger partial charge < -0.3 is 10.2 Å². The SMILES string of the molecule is Cc1cc(N2CCCC2)nc(Nc2ccc(F)c(F)c2F)n1. The molecule has 4 nitrogen and oxygen atoms in total. The molecule has 1 aromatic carbocycles. The summed E-state index contributed by atoms with van der Waals surface area (Å²) in [6.45, 7) is 3.62. The first kappa shape index (κ1) is 14.6. The molecule has 1 saturated heterocycles. The zero-order valence-electron chi connectivity index (χ0n) is 12.0. The molecule has 0 atom stereocenters. The molecule has 1 fully saturated rings. The van der Waals surface area contributed by atoms with Gasteiger partial charge in [-0.05, 0) is 31.9 Å². The number of hydrogen-bond acceptors (Lipinski definition) is 4. The molecule has 1 N–H and O–H groups in total. The summed E-state index contributed by atoms with van der Waals surface area (Å²) in [6, 6.07) is 3.82.